The standard InChI is InChI=1S/C28H28N4O4/c1-3-14-36-22-12-11-19(15-23(22)35-4-2)27-24-25(20-9-5-6-10-21(20)33)30-31-26(24)28(34)32(27)17-18-8-7-13-29-16-18/h5-13,15-16,27,33H,3-4,14,17H2,1-2H3,(H,30,31)/t27-/m0/s1. The van der Waals surface area contributed by atoms with Gasteiger partial charge in [0.05, 0.1) is 19.3 Å². The van der Waals surface area contributed by atoms with E-state index in [0.717, 1.165) is 23.1 Å². The SMILES string of the molecule is CCCOc1ccc([C@H]2c3c(-c4ccccc4O)n[nH]c3C(=O)N2Cc2cccnc2)cc1OCC. The predicted molar refractivity (Wildman–Crippen MR) is 135 cm³/mol. The van der Waals surface area contributed by atoms with Gasteiger partial charge in [-0.25, -0.2) is 0 Å². The summed E-state index contributed by atoms with van der Waals surface area (Å²) in [5.74, 6) is 1.22. The molecule has 1 atom stereocenters. The van der Waals surface area contributed by atoms with Crippen molar-refractivity contribution >= 4 is 5.91 Å². The quantitative estimate of drug-likeness (QED) is 0.342. The number of para-hydroxylation sites is 1. The number of phenols is 1. The summed E-state index contributed by atoms with van der Waals surface area (Å²) in [4.78, 5) is 19.7. The molecule has 0 radical (unpaired) electrons. The molecule has 0 saturated carbocycles. The smallest absolute Gasteiger partial charge is 0.273 e. The second kappa shape index (κ2) is 10.1. The largest absolute Gasteiger partial charge is 0.507 e. The highest BCUT2D eigenvalue weighted by Gasteiger charge is 2.42. The van der Waals surface area contributed by atoms with Gasteiger partial charge in [-0.3, -0.25) is 14.9 Å². The Bertz CT molecular complexity index is 1370. The number of aromatic amines is 1. The third kappa shape index (κ3) is 4.26. The molecule has 8 heteroatoms. The highest BCUT2D eigenvalue weighted by molar-refractivity contribution is 6.00. The van der Waals surface area contributed by atoms with E-state index in [1.54, 1.807) is 35.5 Å². The molecule has 4 aromatic rings. The molecule has 0 saturated heterocycles. The fraction of sp³-hybridized carbons (Fsp3) is 0.250. The molecule has 2 N–H and O–H groups in total. The number of carbonyl (C=O) groups excluding carboxylic acids is 1. The van der Waals surface area contributed by atoms with E-state index in [1.807, 2.05) is 43.3 Å². The minimum atomic E-state index is -0.458. The van der Waals surface area contributed by atoms with Crippen molar-refractivity contribution in [3.8, 4) is 28.5 Å². The van der Waals surface area contributed by atoms with Crippen LogP contribution in [0.15, 0.2) is 67.0 Å². The summed E-state index contributed by atoms with van der Waals surface area (Å²) in [6, 6.07) is 16.1. The van der Waals surface area contributed by atoms with E-state index in [2.05, 4.69) is 22.1 Å². The van der Waals surface area contributed by atoms with Crippen LogP contribution in [0.1, 0.15) is 53.5 Å². The molecule has 1 aliphatic heterocycles. The van der Waals surface area contributed by atoms with Crippen LogP contribution in [-0.2, 0) is 6.54 Å². The molecular formula is C28H28N4O4. The lowest BCUT2D eigenvalue weighted by Crippen LogP contribution is -2.29. The van der Waals surface area contributed by atoms with E-state index < -0.39 is 6.04 Å². The van der Waals surface area contributed by atoms with Crippen LogP contribution in [0.25, 0.3) is 11.3 Å². The van der Waals surface area contributed by atoms with Crippen LogP contribution in [0.4, 0.5) is 0 Å². The second-order valence-corrected chi connectivity index (χ2v) is 8.56. The first-order valence-corrected chi connectivity index (χ1v) is 12.1. The number of hydrogen-bond acceptors (Lipinski definition) is 6. The van der Waals surface area contributed by atoms with Crippen molar-refractivity contribution in [1.82, 2.24) is 20.1 Å². The zero-order valence-corrected chi connectivity index (χ0v) is 20.3. The summed E-state index contributed by atoms with van der Waals surface area (Å²) < 4.78 is 11.8. The van der Waals surface area contributed by atoms with E-state index >= 15 is 0 Å². The van der Waals surface area contributed by atoms with Crippen LogP contribution in [0.5, 0.6) is 17.2 Å². The van der Waals surface area contributed by atoms with Crippen LogP contribution in [0, 0.1) is 0 Å². The number of carbonyl (C=O) groups is 1. The molecule has 184 valence electrons. The molecule has 0 fully saturated rings. The first-order chi connectivity index (χ1) is 17.6. The molecule has 0 spiro atoms. The van der Waals surface area contributed by atoms with Crippen LogP contribution in [-0.4, -0.2) is 44.3 Å². The maximum absolute atomic E-state index is 13.6. The van der Waals surface area contributed by atoms with E-state index in [1.165, 1.54) is 0 Å². The van der Waals surface area contributed by atoms with Crippen molar-refractivity contribution in [2.75, 3.05) is 13.2 Å². The van der Waals surface area contributed by atoms with E-state index in [0.29, 0.717) is 48.2 Å². The van der Waals surface area contributed by atoms with Gasteiger partial charge in [0.2, 0.25) is 0 Å². The number of hydrogen-bond donors (Lipinski definition) is 2. The van der Waals surface area contributed by atoms with Gasteiger partial charge in [-0.2, -0.15) is 5.10 Å². The lowest BCUT2D eigenvalue weighted by Gasteiger charge is -2.27. The van der Waals surface area contributed by atoms with Gasteiger partial charge in [-0.05, 0) is 54.8 Å². The number of fused-ring (bicyclic) bond motifs is 1. The number of pyridine rings is 1. The monoisotopic (exact) mass is 484 g/mol. The molecule has 1 aliphatic rings. The number of nitrogens with zero attached hydrogens (tertiary/aromatic N) is 3. The average Bonchev–Trinajstić information content (AvgIpc) is 3.43. The van der Waals surface area contributed by atoms with Gasteiger partial charge < -0.3 is 19.5 Å². The number of nitrogens with one attached hydrogen (secondary N) is 1. The molecule has 8 nitrogen and oxygen atoms in total. The fourth-order valence-corrected chi connectivity index (χ4v) is 4.57. The first-order valence-electron chi connectivity index (χ1n) is 12.1. The molecule has 0 unspecified atom stereocenters. The number of aromatic nitrogens is 3. The Hall–Kier alpha value is -4.33. The van der Waals surface area contributed by atoms with Crippen LogP contribution in [0.2, 0.25) is 0 Å². The fourth-order valence-electron chi connectivity index (χ4n) is 4.57. The summed E-state index contributed by atoms with van der Waals surface area (Å²) in [6.07, 6.45) is 4.34. The molecule has 0 bridgehead atoms. The van der Waals surface area contributed by atoms with Crippen LogP contribution >= 0.6 is 0 Å². The maximum Gasteiger partial charge on any atom is 0.273 e. The number of ether oxygens (including phenoxy) is 2. The van der Waals surface area contributed by atoms with Gasteiger partial charge >= 0.3 is 0 Å². The lowest BCUT2D eigenvalue weighted by atomic mass is 9.95. The topological polar surface area (TPSA) is 101 Å². The van der Waals surface area contributed by atoms with Crippen molar-refractivity contribution in [3.05, 3.63) is 89.4 Å². The third-order valence-electron chi connectivity index (χ3n) is 6.14. The van der Waals surface area contributed by atoms with Crippen molar-refractivity contribution in [2.24, 2.45) is 0 Å². The first kappa shape index (κ1) is 23.4. The van der Waals surface area contributed by atoms with Gasteiger partial charge in [0.1, 0.15) is 17.1 Å². The number of amides is 1. The average molecular weight is 485 g/mol. The van der Waals surface area contributed by atoms with Crippen LogP contribution < -0.4 is 9.47 Å². The molecule has 36 heavy (non-hydrogen) atoms. The molecule has 0 aliphatic carbocycles. The number of aromatic hydroxyl groups is 1. The third-order valence-corrected chi connectivity index (χ3v) is 6.14. The van der Waals surface area contributed by atoms with E-state index in [-0.39, 0.29) is 11.7 Å². The summed E-state index contributed by atoms with van der Waals surface area (Å²) >= 11 is 0. The molecule has 2 aromatic carbocycles. The van der Waals surface area contributed by atoms with Gasteiger partial charge in [-0.15, -0.1) is 0 Å². The van der Waals surface area contributed by atoms with Crippen molar-refractivity contribution in [2.45, 2.75) is 32.9 Å². The summed E-state index contributed by atoms with van der Waals surface area (Å²) in [7, 11) is 0. The molecular weight excluding hydrogens is 456 g/mol. The van der Waals surface area contributed by atoms with E-state index in [4.69, 9.17) is 9.47 Å². The Morgan fingerprint density at radius 3 is 2.67 bits per heavy atom. The minimum absolute atomic E-state index is 0.0991. The van der Waals surface area contributed by atoms with Gasteiger partial charge in [0.15, 0.2) is 11.5 Å². The van der Waals surface area contributed by atoms with Gasteiger partial charge in [0, 0.05) is 30.1 Å². The van der Waals surface area contributed by atoms with Gasteiger partial charge in [0.25, 0.3) is 5.91 Å². The predicted octanol–water partition coefficient (Wildman–Crippen LogP) is 5.11. The highest BCUT2D eigenvalue weighted by Crippen LogP contribution is 2.46. The Balaban J connectivity index is 1.65. The Labute approximate surface area is 209 Å². The number of phenolic OH excluding ortho intramolecular Hbond substituents is 1. The summed E-state index contributed by atoms with van der Waals surface area (Å²) in [5, 5.41) is 18.0. The summed E-state index contributed by atoms with van der Waals surface area (Å²) in [5.41, 5.74) is 3.99. The zero-order valence-electron chi connectivity index (χ0n) is 20.3. The van der Waals surface area contributed by atoms with Crippen molar-refractivity contribution < 1.29 is 19.4 Å². The molecule has 5 rings (SSSR count). The minimum Gasteiger partial charge on any atom is -0.507 e. The molecule has 3 heterocycles. The molecule has 1 amide bonds. The zero-order chi connectivity index (χ0) is 25.1. The Kier molecular flexibility index (Phi) is 6.58. The van der Waals surface area contributed by atoms with E-state index in [9.17, 15) is 9.90 Å². The van der Waals surface area contributed by atoms with Crippen molar-refractivity contribution in [1.29, 1.82) is 0 Å². The Morgan fingerprint density at radius 1 is 1.06 bits per heavy atom. The Morgan fingerprint density at radius 2 is 1.92 bits per heavy atom. The van der Waals surface area contributed by atoms with Gasteiger partial charge in [-0.1, -0.05) is 31.2 Å². The number of rotatable bonds is 9. The highest BCUT2D eigenvalue weighted by atomic mass is 16.5. The summed E-state index contributed by atoms with van der Waals surface area (Å²) in [6.45, 7) is 5.40. The van der Waals surface area contributed by atoms with Crippen LogP contribution in [0.3, 0.4) is 0 Å². The lowest BCUT2D eigenvalue weighted by molar-refractivity contribution is 0.0729. The second-order valence-electron chi connectivity index (χ2n) is 8.56. The normalized spacial score (nSPS) is 14.7. The van der Waals surface area contributed by atoms with Crippen molar-refractivity contribution in [3.63, 3.8) is 0 Å². The molecule has 2 aromatic heterocycles. The number of benzene rings is 2. The number of H-pyrrole nitrogens is 1. The maximum atomic E-state index is 13.6.